The summed E-state index contributed by atoms with van der Waals surface area (Å²) in [6, 6.07) is 0.0597. The molecule has 2 unspecified atom stereocenters. The Hall–Kier alpha value is -0.653. The Labute approximate surface area is 105 Å². The Bertz CT molecular complexity index is 309. The number of carbonyl (C=O) groups is 1. The third kappa shape index (κ3) is 4.26. The molecule has 0 saturated carbocycles. The average Bonchev–Trinajstić information content (AvgIpc) is 2.47. The highest BCUT2D eigenvalue weighted by Crippen LogP contribution is 2.22. The number of esters is 1. The maximum Gasteiger partial charge on any atom is 0.331 e. The van der Waals surface area contributed by atoms with Crippen LogP contribution in [0.15, 0.2) is 12.2 Å². The quantitative estimate of drug-likeness (QED) is 0.430. The van der Waals surface area contributed by atoms with Crippen molar-refractivity contribution in [3.05, 3.63) is 12.2 Å². The third-order valence-corrected chi connectivity index (χ3v) is 3.37. The third-order valence-electron chi connectivity index (χ3n) is 2.53. The van der Waals surface area contributed by atoms with Crippen LogP contribution in [0, 0.1) is 5.92 Å². The standard InChI is InChI=1S/C12H23NO3Si/c1-9(2)12(10-7-8-11(14)15-10)13(3)16-17(4,5)6/h7-10,12H,1-6H3. The first-order valence-corrected chi connectivity index (χ1v) is 9.42. The molecule has 1 aliphatic heterocycles. The number of likely N-dealkylation sites (N-methyl/N-ethyl adjacent to an activating group) is 1. The van der Waals surface area contributed by atoms with Gasteiger partial charge in [0, 0.05) is 13.1 Å². The van der Waals surface area contributed by atoms with Gasteiger partial charge in [0.25, 0.3) is 0 Å². The summed E-state index contributed by atoms with van der Waals surface area (Å²) in [6.07, 6.45) is 3.10. The largest absolute Gasteiger partial charge is 0.453 e. The van der Waals surface area contributed by atoms with Gasteiger partial charge in [0.05, 0.1) is 6.04 Å². The molecule has 0 aliphatic carbocycles. The van der Waals surface area contributed by atoms with E-state index in [4.69, 9.17) is 9.26 Å². The van der Waals surface area contributed by atoms with Gasteiger partial charge in [-0.3, -0.25) is 0 Å². The molecule has 1 rings (SSSR count). The number of hydrogen-bond acceptors (Lipinski definition) is 4. The number of hydroxylamine groups is 2. The maximum atomic E-state index is 11.1. The maximum absolute atomic E-state index is 11.1. The Balaban J connectivity index is 2.72. The minimum Gasteiger partial charge on any atom is -0.453 e. The molecule has 0 aromatic rings. The van der Waals surface area contributed by atoms with Crippen LogP contribution in [0.1, 0.15) is 13.8 Å². The Morgan fingerprint density at radius 1 is 1.41 bits per heavy atom. The van der Waals surface area contributed by atoms with Crippen LogP contribution in [0.2, 0.25) is 19.6 Å². The number of rotatable bonds is 5. The second kappa shape index (κ2) is 5.33. The number of nitrogens with zero attached hydrogens (tertiary/aromatic N) is 1. The van der Waals surface area contributed by atoms with Crippen LogP contribution >= 0.6 is 0 Å². The van der Waals surface area contributed by atoms with Crippen molar-refractivity contribution in [2.24, 2.45) is 5.92 Å². The molecule has 0 spiro atoms. The van der Waals surface area contributed by atoms with Crippen molar-refractivity contribution in [2.45, 2.75) is 45.6 Å². The summed E-state index contributed by atoms with van der Waals surface area (Å²) in [5.41, 5.74) is 0. The summed E-state index contributed by atoms with van der Waals surface area (Å²) in [5, 5.41) is 1.87. The molecule has 0 aromatic heterocycles. The molecule has 0 fully saturated rings. The zero-order valence-electron chi connectivity index (χ0n) is 11.6. The van der Waals surface area contributed by atoms with Crippen LogP contribution in [0.3, 0.4) is 0 Å². The van der Waals surface area contributed by atoms with Gasteiger partial charge in [-0.05, 0) is 31.6 Å². The lowest BCUT2D eigenvalue weighted by Crippen LogP contribution is -2.49. The second-order valence-corrected chi connectivity index (χ2v) is 10.2. The van der Waals surface area contributed by atoms with Crippen molar-refractivity contribution in [1.82, 2.24) is 5.06 Å². The van der Waals surface area contributed by atoms with E-state index in [2.05, 4.69) is 33.5 Å². The molecule has 0 radical (unpaired) electrons. The van der Waals surface area contributed by atoms with E-state index in [1.165, 1.54) is 6.08 Å². The van der Waals surface area contributed by atoms with Crippen LogP contribution < -0.4 is 0 Å². The molecule has 0 saturated heterocycles. The zero-order chi connectivity index (χ0) is 13.2. The first kappa shape index (κ1) is 14.4. The lowest BCUT2D eigenvalue weighted by Gasteiger charge is -2.36. The van der Waals surface area contributed by atoms with Gasteiger partial charge in [-0.15, -0.1) is 0 Å². The minimum absolute atomic E-state index is 0.0597. The Morgan fingerprint density at radius 2 is 2.00 bits per heavy atom. The molecule has 5 heteroatoms. The summed E-state index contributed by atoms with van der Waals surface area (Å²) in [6.45, 7) is 10.6. The average molecular weight is 257 g/mol. The van der Waals surface area contributed by atoms with E-state index in [0.717, 1.165) is 0 Å². The van der Waals surface area contributed by atoms with Crippen molar-refractivity contribution in [1.29, 1.82) is 0 Å². The smallest absolute Gasteiger partial charge is 0.331 e. The lowest BCUT2D eigenvalue weighted by atomic mass is 9.98. The molecular weight excluding hydrogens is 234 g/mol. The van der Waals surface area contributed by atoms with Crippen LogP contribution in [0.5, 0.6) is 0 Å². The molecule has 2 atom stereocenters. The molecule has 4 nitrogen and oxygen atoms in total. The number of cyclic esters (lactones) is 1. The van der Waals surface area contributed by atoms with Crippen LogP contribution in [-0.4, -0.2) is 38.5 Å². The van der Waals surface area contributed by atoms with Crippen molar-refractivity contribution < 1.29 is 14.1 Å². The van der Waals surface area contributed by atoms with Gasteiger partial charge in [0.1, 0.15) is 6.10 Å². The first-order chi connectivity index (χ1) is 7.70. The van der Waals surface area contributed by atoms with Gasteiger partial charge < -0.3 is 9.26 Å². The topological polar surface area (TPSA) is 38.8 Å². The van der Waals surface area contributed by atoms with E-state index in [0.29, 0.717) is 5.92 Å². The molecule has 0 N–H and O–H groups in total. The molecule has 0 bridgehead atoms. The van der Waals surface area contributed by atoms with E-state index >= 15 is 0 Å². The molecule has 0 amide bonds. The number of ether oxygens (including phenoxy) is 1. The van der Waals surface area contributed by atoms with Crippen LogP contribution in [0.25, 0.3) is 0 Å². The Morgan fingerprint density at radius 3 is 2.35 bits per heavy atom. The van der Waals surface area contributed by atoms with Gasteiger partial charge in [0.15, 0.2) is 0 Å². The summed E-state index contributed by atoms with van der Waals surface area (Å²) in [7, 11) is 0.284. The highest BCUT2D eigenvalue weighted by molar-refractivity contribution is 6.69. The highest BCUT2D eigenvalue weighted by Gasteiger charge is 2.34. The molecular formula is C12H23NO3Si. The van der Waals surface area contributed by atoms with E-state index in [1.807, 2.05) is 18.2 Å². The van der Waals surface area contributed by atoms with Gasteiger partial charge in [0.2, 0.25) is 8.32 Å². The normalized spacial score (nSPS) is 22.4. The first-order valence-electron chi connectivity index (χ1n) is 6.01. The van der Waals surface area contributed by atoms with Crippen LogP contribution in [0.4, 0.5) is 0 Å². The van der Waals surface area contributed by atoms with Crippen molar-refractivity contribution in [3.8, 4) is 0 Å². The summed E-state index contributed by atoms with van der Waals surface area (Å²) in [4.78, 5) is 11.1. The second-order valence-electron chi connectivity index (χ2n) is 5.75. The predicted molar refractivity (Wildman–Crippen MR) is 69.8 cm³/mol. The summed E-state index contributed by atoms with van der Waals surface area (Å²) < 4.78 is 11.2. The zero-order valence-corrected chi connectivity index (χ0v) is 12.6. The van der Waals surface area contributed by atoms with Crippen molar-refractivity contribution in [2.75, 3.05) is 7.05 Å². The molecule has 1 aliphatic rings. The van der Waals surface area contributed by atoms with Crippen molar-refractivity contribution in [3.63, 3.8) is 0 Å². The van der Waals surface area contributed by atoms with Crippen LogP contribution in [-0.2, 0) is 14.1 Å². The Kier molecular flexibility index (Phi) is 4.52. The van der Waals surface area contributed by atoms with Crippen molar-refractivity contribution >= 4 is 14.3 Å². The van der Waals surface area contributed by atoms with Gasteiger partial charge in [-0.2, -0.15) is 5.06 Å². The van der Waals surface area contributed by atoms with E-state index < -0.39 is 8.32 Å². The predicted octanol–water partition coefficient (Wildman–Crippen LogP) is 2.19. The monoisotopic (exact) mass is 257 g/mol. The summed E-state index contributed by atoms with van der Waals surface area (Å²) >= 11 is 0. The molecule has 17 heavy (non-hydrogen) atoms. The van der Waals surface area contributed by atoms with E-state index in [-0.39, 0.29) is 18.1 Å². The lowest BCUT2D eigenvalue weighted by molar-refractivity contribution is -0.154. The van der Waals surface area contributed by atoms with Gasteiger partial charge in [-0.1, -0.05) is 13.8 Å². The number of hydrogen-bond donors (Lipinski definition) is 0. The van der Waals surface area contributed by atoms with E-state index in [9.17, 15) is 4.79 Å². The van der Waals surface area contributed by atoms with E-state index in [1.54, 1.807) is 0 Å². The minimum atomic E-state index is -1.64. The summed E-state index contributed by atoms with van der Waals surface area (Å²) in [5.74, 6) is 0.0824. The van der Waals surface area contributed by atoms with Gasteiger partial charge >= 0.3 is 5.97 Å². The molecule has 98 valence electrons. The fourth-order valence-electron chi connectivity index (χ4n) is 2.07. The molecule has 1 heterocycles. The SMILES string of the molecule is CC(C)C(C1C=CC(=O)O1)N(C)O[Si](C)(C)C. The molecule has 0 aromatic carbocycles. The highest BCUT2D eigenvalue weighted by atomic mass is 28.4. The number of carbonyl (C=O) groups excluding carboxylic acids is 1. The fourth-order valence-corrected chi connectivity index (χ4v) is 3.05. The fraction of sp³-hybridized carbons (Fsp3) is 0.750. The van der Waals surface area contributed by atoms with Gasteiger partial charge in [-0.25, -0.2) is 4.79 Å².